The summed E-state index contributed by atoms with van der Waals surface area (Å²) < 4.78 is 40.7. The van der Waals surface area contributed by atoms with Gasteiger partial charge in [0.05, 0.1) is 22.8 Å². The lowest BCUT2D eigenvalue weighted by Gasteiger charge is -2.16. The van der Waals surface area contributed by atoms with Gasteiger partial charge in [-0.25, -0.2) is 22.8 Å². The largest absolute Gasteiger partial charge is 0.347 e. The lowest BCUT2D eigenvalue weighted by atomic mass is 10.2. The second-order valence-corrected chi connectivity index (χ2v) is 7.14. The molecule has 6 nitrogen and oxygen atoms in total. The Kier molecular flexibility index (Phi) is 4.84. The first-order valence-electron chi connectivity index (χ1n) is 6.96. The minimum absolute atomic E-state index is 0.112. The van der Waals surface area contributed by atoms with E-state index in [4.69, 9.17) is 0 Å². The van der Waals surface area contributed by atoms with E-state index in [1.165, 1.54) is 18.2 Å². The quantitative estimate of drug-likeness (QED) is 0.905. The fourth-order valence-electron chi connectivity index (χ4n) is 2.06. The topological polar surface area (TPSA) is 75.2 Å². The number of aryl methyl sites for hydroxylation is 2. The maximum atomic E-state index is 13.6. The van der Waals surface area contributed by atoms with Crippen molar-refractivity contribution in [2.45, 2.75) is 19.6 Å². The Morgan fingerprint density at radius 3 is 2.22 bits per heavy atom. The number of halogens is 1. The molecule has 0 unspecified atom stereocenters. The fourth-order valence-corrected chi connectivity index (χ4v) is 3.38. The molecule has 1 heterocycles. The van der Waals surface area contributed by atoms with E-state index in [0.29, 0.717) is 23.0 Å². The molecule has 23 heavy (non-hydrogen) atoms. The van der Waals surface area contributed by atoms with Crippen molar-refractivity contribution in [3.8, 4) is 0 Å². The highest BCUT2D eigenvalue weighted by Crippen LogP contribution is 2.22. The zero-order valence-electron chi connectivity index (χ0n) is 13.5. The molecule has 0 fully saturated rings. The van der Waals surface area contributed by atoms with Crippen LogP contribution in [0.25, 0.3) is 0 Å². The van der Waals surface area contributed by atoms with E-state index in [1.54, 1.807) is 38.9 Å². The maximum absolute atomic E-state index is 13.6. The van der Waals surface area contributed by atoms with Crippen LogP contribution in [-0.2, 0) is 15.8 Å². The zero-order valence-corrected chi connectivity index (χ0v) is 14.3. The molecule has 124 valence electrons. The van der Waals surface area contributed by atoms with Crippen LogP contribution < -0.4 is 9.62 Å². The summed E-state index contributed by atoms with van der Waals surface area (Å²) in [6, 6.07) is 5.79. The Morgan fingerprint density at radius 1 is 1.13 bits per heavy atom. The second-order valence-electron chi connectivity index (χ2n) is 5.42. The smallest absolute Gasteiger partial charge is 0.237 e. The third-order valence-electron chi connectivity index (χ3n) is 3.22. The van der Waals surface area contributed by atoms with Crippen molar-refractivity contribution in [1.82, 2.24) is 9.97 Å². The van der Waals surface area contributed by atoms with Gasteiger partial charge in [-0.05, 0) is 19.9 Å². The molecule has 0 amide bonds. The summed E-state index contributed by atoms with van der Waals surface area (Å²) in [7, 11) is -0.168. The van der Waals surface area contributed by atoms with Crippen molar-refractivity contribution in [2.75, 3.05) is 23.7 Å². The first-order valence-corrected chi connectivity index (χ1v) is 8.61. The predicted octanol–water partition coefficient (Wildman–Crippen LogP) is 2.24. The summed E-state index contributed by atoms with van der Waals surface area (Å²) in [5.74, 6) is -0.504. The number of nitrogens with one attached hydrogen (secondary N) is 1. The molecule has 1 aromatic carbocycles. The minimum Gasteiger partial charge on any atom is -0.347 e. The minimum atomic E-state index is -3.77. The van der Waals surface area contributed by atoms with Gasteiger partial charge in [0.25, 0.3) is 0 Å². The van der Waals surface area contributed by atoms with E-state index in [2.05, 4.69) is 14.7 Å². The number of sulfonamides is 1. The predicted molar refractivity (Wildman–Crippen MR) is 88.5 cm³/mol. The van der Waals surface area contributed by atoms with Gasteiger partial charge in [0.15, 0.2) is 0 Å². The number of rotatable bonds is 5. The van der Waals surface area contributed by atoms with Crippen LogP contribution in [0.2, 0.25) is 0 Å². The average Bonchev–Trinajstić information content (AvgIpc) is 2.45. The molecular weight excluding hydrogens is 319 g/mol. The Labute approximate surface area is 135 Å². The van der Waals surface area contributed by atoms with Crippen LogP contribution >= 0.6 is 0 Å². The monoisotopic (exact) mass is 338 g/mol. The van der Waals surface area contributed by atoms with Crippen LogP contribution in [0.5, 0.6) is 0 Å². The molecule has 2 aromatic rings. The number of nitrogens with zero attached hydrogens (tertiary/aromatic N) is 3. The van der Waals surface area contributed by atoms with Gasteiger partial charge in [0, 0.05) is 19.7 Å². The standard InChI is InChI=1S/C15H19FN4O2S/c1-10-14(11(2)18-15(17-10)20(3)4)19-23(21,22)9-12-7-5-6-8-13(12)16/h5-8,19H,9H2,1-4H3. The van der Waals surface area contributed by atoms with Crippen molar-refractivity contribution in [3.63, 3.8) is 0 Å². The van der Waals surface area contributed by atoms with Crippen LogP contribution in [0.3, 0.4) is 0 Å². The van der Waals surface area contributed by atoms with Gasteiger partial charge in [-0.1, -0.05) is 18.2 Å². The SMILES string of the molecule is Cc1nc(N(C)C)nc(C)c1NS(=O)(=O)Cc1ccccc1F. The third kappa shape index (κ3) is 4.16. The lowest BCUT2D eigenvalue weighted by Crippen LogP contribution is -2.20. The first kappa shape index (κ1) is 17.1. The molecule has 0 aliphatic heterocycles. The molecule has 0 radical (unpaired) electrons. The molecule has 0 aliphatic rings. The van der Waals surface area contributed by atoms with Crippen LogP contribution in [0.15, 0.2) is 24.3 Å². The Balaban J connectivity index is 2.29. The Bertz CT molecular complexity index is 799. The lowest BCUT2D eigenvalue weighted by molar-refractivity contribution is 0.591. The van der Waals surface area contributed by atoms with Crippen LogP contribution in [0, 0.1) is 19.7 Å². The summed E-state index contributed by atoms with van der Waals surface area (Å²) in [5.41, 5.74) is 1.46. The van der Waals surface area contributed by atoms with Gasteiger partial charge < -0.3 is 4.90 Å². The van der Waals surface area contributed by atoms with Gasteiger partial charge in [0.1, 0.15) is 5.82 Å². The van der Waals surface area contributed by atoms with Crippen molar-refractivity contribution in [1.29, 1.82) is 0 Å². The molecule has 2 rings (SSSR count). The molecule has 0 spiro atoms. The molecule has 0 atom stereocenters. The highest BCUT2D eigenvalue weighted by atomic mass is 32.2. The van der Waals surface area contributed by atoms with Crippen molar-refractivity contribution in [3.05, 3.63) is 47.0 Å². The van der Waals surface area contributed by atoms with E-state index in [-0.39, 0.29) is 5.56 Å². The van der Waals surface area contributed by atoms with Gasteiger partial charge in [-0.15, -0.1) is 0 Å². The molecule has 0 saturated carbocycles. The molecule has 0 bridgehead atoms. The molecule has 1 N–H and O–H groups in total. The summed E-state index contributed by atoms with van der Waals surface area (Å²) in [6.07, 6.45) is 0. The maximum Gasteiger partial charge on any atom is 0.237 e. The number of anilines is 2. The zero-order chi connectivity index (χ0) is 17.2. The molecule has 8 heteroatoms. The molecular formula is C15H19FN4O2S. The highest BCUT2D eigenvalue weighted by Gasteiger charge is 2.18. The molecule has 1 aromatic heterocycles. The molecule has 0 saturated heterocycles. The first-order chi connectivity index (χ1) is 10.7. The average molecular weight is 338 g/mol. The van der Waals surface area contributed by atoms with Crippen molar-refractivity contribution in [2.24, 2.45) is 0 Å². The van der Waals surface area contributed by atoms with Crippen LogP contribution in [0.4, 0.5) is 16.0 Å². The summed E-state index contributed by atoms with van der Waals surface area (Å²) in [5, 5.41) is 0. The van der Waals surface area contributed by atoms with Crippen molar-refractivity contribution < 1.29 is 12.8 Å². The van der Waals surface area contributed by atoms with Gasteiger partial charge in [-0.2, -0.15) is 0 Å². The van der Waals surface area contributed by atoms with Crippen LogP contribution in [-0.4, -0.2) is 32.5 Å². The Hall–Kier alpha value is -2.22. The van der Waals surface area contributed by atoms with Gasteiger partial charge in [-0.3, -0.25) is 4.72 Å². The number of benzene rings is 1. The van der Waals surface area contributed by atoms with E-state index in [0.717, 1.165) is 0 Å². The highest BCUT2D eigenvalue weighted by molar-refractivity contribution is 7.91. The number of aromatic nitrogens is 2. The summed E-state index contributed by atoms with van der Waals surface area (Å²) in [4.78, 5) is 10.2. The second kappa shape index (κ2) is 6.49. The summed E-state index contributed by atoms with van der Waals surface area (Å²) in [6.45, 7) is 3.39. The van der Waals surface area contributed by atoms with Gasteiger partial charge >= 0.3 is 0 Å². The Morgan fingerprint density at radius 2 is 1.70 bits per heavy atom. The van der Waals surface area contributed by atoms with E-state index in [1.807, 2.05) is 0 Å². The van der Waals surface area contributed by atoms with E-state index in [9.17, 15) is 12.8 Å². The number of hydrogen-bond acceptors (Lipinski definition) is 5. The van der Waals surface area contributed by atoms with Crippen molar-refractivity contribution >= 4 is 21.7 Å². The fraction of sp³-hybridized carbons (Fsp3) is 0.333. The van der Waals surface area contributed by atoms with Gasteiger partial charge in [0.2, 0.25) is 16.0 Å². The number of hydrogen-bond donors (Lipinski definition) is 1. The van der Waals surface area contributed by atoms with Crippen LogP contribution in [0.1, 0.15) is 17.0 Å². The molecule has 0 aliphatic carbocycles. The summed E-state index contributed by atoms with van der Waals surface area (Å²) >= 11 is 0. The van der Waals surface area contributed by atoms with E-state index < -0.39 is 21.6 Å². The van der Waals surface area contributed by atoms with E-state index >= 15 is 0 Å². The normalized spacial score (nSPS) is 11.3. The third-order valence-corrected chi connectivity index (χ3v) is 4.43.